The van der Waals surface area contributed by atoms with E-state index in [2.05, 4.69) is 5.32 Å². The van der Waals surface area contributed by atoms with Gasteiger partial charge in [0.25, 0.3) is 5.91 Å². The number of furan rings is 1. The van der Waals surface area contributed by atoms with Crippen LogP contribution in [0.5, 0.6) is 5.75 Å². The van der Waals surface area contributed by atoms with Gasteiger partial charge < -0.3 is 19.2 Å². The Balaban J connectivity index is 1.74. The van der Waals surface area contributed by atoms with Crippen LogP contribution in [0.1, 0.15) is 23.8 Å². The molecule has 0 aliphatic carbocycles. The third-order valence-electron chi connectivity index (χ3n) is 3.53. The molecule has 0 aliphatic rings. The SMILES string of the molecule is Cc1ccc(OCC(=O)O[C@@H](C)C(=O)NCc2ccco2)cc1C. The predicted molar refractivity (Wildman–Crippen MR) is 87.5 cm³/mol. The van der Waals surface area contributed by atoms with E-state index >= 15 is 0 Å². The first-order valence-corrected chi connectivity index (χ1v) is 7.65. The molecule has 0 saturated heterocycles. The van der Waals surface area contributed by atoms with Crippen molar-refractivity contribution in [2.75, 3.05) is 6.61 Å². The minimum Gasteiger partial charge on any atom is -0.482 e. The summed E-state index contributed by atoms with van der Waals surface area (Å²) in [6, 6.07) is 9.03. The summed E-state index contributed by atoms with van der Waals surface area (Å²) in [6.45, 7) is 5.46. The van der Waals surface area contributed by atoms with Gasteiger partial charge >= 0.3 is 5.97 Å². The molecule has 1 aromatic carbocycles. The van der Waals surface area contributed by atoms with Gasteiger partial charge in [-0.15, -0.1) is 0 Å². The smallest absolute Gasteiger partial charge is 0.344 e. The van der Waals surface area contributed by atoms with Crippen molar-refractivity contribution in [1.82, 2.24) is 5.32 Å². The molecule has 1 N–H and O–H groups in total. The van der Waals surface area contributed by atoms with Crippen LogP contribution in [0.3, 0.4) is 0 Å². The van der Waals surface area contributed by atoms with Gasteiger partial charge in [-0.25, -0.2) is 4.79 Å². The van der Waals surface area contributed by atoms with Crippen molar-refractivity contribution >= 4 is 11.9 Å². The predicted octanol–water partition coefficient (Wildman–Crippen LogP) is 2.52. The van der Waals surface area contributed by atoms with Crippen LogP contribution < -0.4 is 10.1 Å². The lowest BCUT2D eigenvalue weighted by Gasteiger charge is -2.13. The van der Waals surface area contributed by atoms with Crippen molar-refractivity contribution in [2.24, 2.45) is 0 Å². The maximum Gasteiger partial charge on any atom is 0.344 e. The van der Waals surface area contributed by atoms with E-state index in [0.717, 1.165) is 11.1 Å². The first kappa shape index (κ1) is 17.6. The maximum atomic E-state index is 11.9. The van der Waals surface area contributed by atoms with Crippen LogP contribution in [-0.2, 0) is 20.9 Å². The lowest BCUT2D eigenvalue weighted by molar-refractivity contribution is -0.156. The normalized spacial score (nSPS) is 11.6. The van der Waals surface area contributed by atoms with Crippen molar-refractivity contribution in [1.29, 1.82) is 0 Å². The molecule has 0 aliphatic heterocycles. The molecule has 2 rings (SSSR count). The van der Waals surface area contributed by atoms with Gasteiger partial charge in [0, 0.05) is 0 Å². The highest BCUT2D eigenvalue weighted by Gasteiger charge is 2.18. The lowest BCUT2D eigenvalue weighted by atomic mass is 10.1. The number of nitrogens with one attached hydrogen (secondary N) is 1. The number of benzene rings is 1. The molecule has 0 spiro atoms. The molecule has 1 aromatic heterocycles. The number of hydrogen-bond donors (Lipinski definition) is 1. The van der Waals surface area contributed by atoms with Crippen molar-refractivity contribution in [3.8, 4) is 5.75 Å². The van der Waals surface area contributed by atoms with E-state index in [1.807, 2.05) is 26.0 Å². The molecule has 1 heterocycles. The fourth-order valence-electron chi connectivity index (χ4n) is 1.96. The summed E-state index contributed by atoms with van der Waals surface area (Å²) >= 11 is 0. The zero-order valence-corrected chi connectivity index (χ0v) is 14.0. The number of hydrogen-bond acceptors (Lipinski definition) is 5. The quantitative estimate of drug-likeness (QED) is 0.789. The van der Waals surface area contributed by atoms with Crippen LogP contribution in [0.25, 0.3) is 0 Å². The van der Waals surface area contributed by atoms with Gasteiger partial charge in [-0.1, -0.05) is 6.07 Å². The Morgan fingerprint density at radius 2 is 2.00 bits per heavy atom. The second kappa shape index (κ2) is 8.19. The number of carbonyl (C=O) groups is 2. The summed E-state index contributed by atoms with van der Waals surface area (Å²) in [6.07, 6.45) is 0.616. The summed E-state index contributed by atoms with van der Waals surface area (Å²) in [5, 5.41) is 2.63. The van der Waals surface area contributed by atoms with Gasteiger partial charge in [0.15, 0.2) is 12.7 Å². The summed E-state index contributed by atoms with van der Waals surface area (Å²) in [7, 11) is 0. The maximum absolute atomic E-state index is 11.9. The molecule has 0 bridgehead atoms. The Bertz CT molecular complexity index is 693. The number of amides is 1. The Morgan fingerprint density at radius 1 is 1.21 bits per heavy atom. The van der Waals surface area contributed by atoms with Crippen LogP contribution in [0.4, 0.5) is 0 Å². The number of ether oxygens (including phenoxy) is 2. The van der Waals surface area contributed by atoms with E-state index in [1.54, 1.807) is 18.2 Å². The number of carbonyl (C=O) groups excluding carboxylic acids is 2. The van der Waals surface area contributed by atoms with Crippen LogP contribution in [0.2, 0.25) is 0 Å². The molecule has 2 aromatic rings. The zero-order chi connectivity index (χ0) is 17.5. The van der Waals surface area contributed by atoms with Crippen LogP contribution in [0, 0.1) is 13.8 Å². The van der Waals surface area contributed by atoms with Gasteiger partial charge in [0.05, 0.1) is 12.8 Å². The molecule has 6 heteroatoms. The van der Waals surface area contributed by atoms with Gasteiger partial charge in [-0.05, 0) is 56.2 Å². The summed E-state index contributed by atoms with van der Waals surface area (Å²) in [5.41, 5.74) is 2.22. The van der Waals surface area contributed by atoms with Gasteiger partial charge in [0.1, 0.15) is 11.5 Å². The van der Waals surface area contributed by atoms with E-state index in [9.17, 15) is 9.59 Å². The van der Waals surface area contributed by atoms with Crippen LogP contribution in [-0.4, -0.2) is 24.6 Å². The van der Waals surface area contributed by atoms with Crippen LogP contribution >= 0.6 is 0 Å². The minimum atomic E-state index is -0.907. The number of aryl methyl sites for hydroxylation is 2. The average molecular weight is 331 g/mol. The zero-order valence-electron chi connectivity index (χ0n) is 14.0. The van der Waals surface area contributed by atoms with E-state index in [-0.39, 0.29) is 13.2 Å². The Kier molecular flexibility index (Phi) is 6.01. The highest BCUT2D eigenvalue weighted by atomic mass is 16.6. The molecular weight excluding hydrogens is 310 g/mol. The van der Waals surface area contributed by atoms with E-state index in [1.165, 1.54) is 13.2 Å². The molecule has 0 fully saturated rings. The first-order valence-electron chi connectivity index (χ1n) is 7.65. The van der Waals surface area contributed by atoms with E-state index in [4.69, 9.17) is 13.9 Å². The number of esters is 1. The summed E-state index contributed by atoms with van der Waals surface area (Å²) in [5.74, 6) is 0.213. The van der Waals surface area contributed by atoms with Crippen molar-refractivity contribution in [3.63, 3.8) is 0 Å². The van der Waals surface area contributed by atoms with Crippen molar-refractivity contribution in [2.45, 2.75) is 33.4 Å². The Labute approximate surface area is 140 Å². The third kappa shape index (κ3) is 5.15. The molecular formula is C18H21NO5. The molecule has 128 valence electrons. The molecule has 0 unspecified atom stereocenters. The summed E-state index contributed by atoms with van der Waals surface area (Å²) < 4.78 is 15.5. The lowest BCUT2D eigenvalue weighted by Crippen LogP contribution is -2.36. The monoisotopic (exact) mass is 331 g/mol. The molecule has 1 atom stereocenters. The number of rotatable bonds is 7. The van der Waals surface area contributed by atoms with Gasteiger partial charge in [-0.2, -0.15) is 0 Å². The van der Waals surface area contributed by atoms with Crippen LogP contribution in [0.15, 0.2) is 41.0 Å². The molecule has 1 amide bonds. The van der Waals surface area contributed by atoms with Crippen molar-refractivity contribution < 1.29 is 23.5 Å². The topological polar surface area (TPSA) is 77.8 Å². The second-order valence-electron chi connectivity index (χ2n) is 5.46. The Hall–Kier alpha value is -2.76. The summed E-state index contributed by atoms with van der Waals surface area (Å²) in [4.78, 5) is 23.6. The highest BCUT2D eigenvalue weighted by Crippen LogP contribution is 2.16. The average Bonchev–Trinajstić information content (AvgIpc) is 3.07. The van der Waals surface area contributed by atoms with Gasteiger partial charge in [0.2, 0.25) is 0 Å². The fraction of sp³-hybridized carbons (Fsp3) is 0.333. The van der Waals surface area contributed by atoms with E-state index in [0.29, 0.717) is 11.5 Å². The second-order valence-corrected chi connectivity index (χ2v) is 5.46. The first-order chi connectivity index (χ1) is 11.5. The van der Waals surface area contributed by atoms with Gasteiger partial charge in [-0.3, -0.25) is 4.79 Å². The standard InChI is InChI=1S/C18H21NO5/c1-12-6-7-15(9-13(12)2)23-11-17(20)24-14(3)18(21)19-10-16-5-4-8-22-16/h4-9,14H,10-11H2,1-3H3,(H,19,21)/t14-/m0/s1. The molecule has 24 heavy (non-hydrogen) atoms. The largest absolute Gasteiger partial charge is 0.482 e. The minimum absolute atomic E-state index is 0.243. The highest BCUT2D eigenvalue weighted by molar-refractivity contribution is 5.83. The Morgan fingerprint density at radius 3 is 2.67 bits per heavy atom. The molecule has 0 saturated carbocycles. The van der Waals surface area contributed by atoms with Crippen molar-refractivity contribution in [3.05, 3.63) is 53.5 Å². The molecule has 6 nitrogen and oxygen atoms in total. The van der Waals surface area contributed by atoms with E-state index < -0.39 is 18.0 Å². The third-order valence-corrected chi connectivity index (χ3v) is 3.53. The molecule has 0 radical (unpaired) electrons. The fourth-order valence-corrected chi connectivity index (χ4v) is 1.96.